The molecule has 0 amide bonds. The predicted octanol–water partition coefficient (Wildman–Crippen LogP) is 4.34. The Morgan fingerprint density at radius 1 is 1.03 bits per heavy atom. The van der Waals surface area contributed by atoms with Gasteiger partial charge >= 0.3 is 0 Å². The smallest absolute Gasteiger partial charge is 0.230 e. The number of aryl methyl sites for hydroxylation is 2. The maximum absolute atomic E-state index is 11.3. The lowest BCUT2D eigenvalue weighted by Crippen LogP contribution is -2.08. The molecule has 168 valence electrons. The molecule has 4 aromatic rings. The Morgan fingerprint density at radius 3 is 2.59 bits per heavy atom. The van der Waals surface area contributed by atoms with E-state index in [1.807, 2.05) is 25.1 Å². The number of nitrogens with one attached hydrogen (secondary N) is 1. The summed E-state index contributed by atoms with van der Waals surface area (Å²) in [6.45, 7) is 4.36. The Labute approximate surface area is 186 Å². The number of aromatic amines is 1. The number of sulfone groups is 1. The molecule has 0 aliphatic heterocycles. The minimum absolute atomic E-state index is 0.0630. The lowest BCUT2D eigenvalue weighted by atomic mass is 10.1. The van der Waals surface area contributed by atoms with Crippen molar-refractivity contribution >= 4 is 31.6 Å². The quantitative estimate of drug-likeness (QED) is 0.394. The van der Waals surface area contributed by atoms with Crippen molar-refractivity contribution in [2.75, 3.05) is 25.7 Å². The molecule has 1 N–H and O–H groups in total. The van der Waals surface area contributed by atoms with Gasteiger partial charge in [-0.15, -0.1) is 0 Å². The fourth-order valence-corrected chi connectivity index (χ4v) is 4.15. The van der Waals surface area contributed by atoms with Crippen molar-refractivity contribution in [1.29, 1.82) is 0 Å². The maximum Gasteiger partial charge on any atom is 0.230 e. The molecule has 0 spiro atoms. The second-order valence-electron chi connectivity index (χ2n) is 7.72. The summed E-state index contributed by atoms with van der Waals surface area (Å²) in [6.07, 6.45) is 3.03. The first-order valence-electron chi connectivity index (χ1n) is 10.2. The van der Waals surface area contributed by atoms with Crippen LogP contribution in [-0.4, -0.2) is 49.1 Å². The molecular weight excluding hydrogens is 430 g/mol. The molecule has 4 rings (SSSR count). The summed E-state index contributed by atoms with van der Waals surface area (Å²) in [7, 11) is -1.49. The number of hydrogen-bond acceptors (Lipinski definition) is 7. The van der Waals surface area contributed by atoms with Crippen LogP contribution in [0, 0.1) is 13.8 Å². The van der Waals surface area contributed by atoms with Crippen LogP contribution < -0.4 is 14.2 Å². The molecule has 32 heavy (non-hydrogen) atoms. The van der Waals surface area contributed by atoms with Crippen LogP contribution in [0.4, 0.5) is 0 Å². The second-order valence-corrected chi connectivity index (χ2v) is 9.98. The van der Waals surface area contributed by atoms with Gasteiger partial charge in [0.1, 0.15) is 21.9 Å². The zero-order valence-electron chi connectivity index (χ0n) is 18.4. The van der Waals surface area contributed by atoms with Crippen molar-refractivity contribution in [2.45, 2.75) is 20.3 Å². The van der Waals surface area contributed by atoms with E-state index in [4.69, 9.17) is 14.2 Å². The number of nitrogens with zero attached hydrogens (tertiary/aromatic N) is 2. The molecule has 8 nitrogen and oxygen atoms in total. The lowest BCUT2D eigenvalue weighted by molar-refractivity contribution is 0.295. The Morgan fingerprint density at radius 2 is 1.84 bits per heavy atom. The number of rotatable bonds is 8. The van der Waals surface area contributed by atoms with Crippen LogP contribution in [0.2, 0.25) is 0 Å². The minimum Gasteiger partial charge on any atom is -0.493 e. The number of H-pyrrole nitrogens is 1. The topological polar surface area (TPSA) is 103 Å². The van der Waals surface area contributed by atoms with E-state index >= 15 is 0 Å². The zero-order chi connectivity index (χ0) is 22.9. The van der Waals surface area contributed by atoms with Gasteiger partial charge in [-0.05, 0) is 50.1 Å². The van der Waals surface area contributed by atoms with Crippen molar-refractivity contribution < 1.29 is 22.6 Å². The Balaban J connectivity index is 1.62. The number of benzene rings is 2. The number of fused-ring (bicyclic) bond motifs is 2. The Bertz CT molecular complexity index is 1400. The van der Waals surface area contributed by atoms with Crippen molar-refractivity contribution in [3.05, 3.63) is 47.9 Å². The van der Waals surface area contributed by atoms with Gasteiger partial charge in [0.15, 0.2) is 11.5 Å². The molecule has 0 aliphatic rings. The summed E-state index contributed by atoms with van der Waals surface area (Å²) < 4.78 is 40.0. The number of methoxy groups -OCH3 is 1. The van der Waals surface area contributed by atoms with Gasteiger partial charge in [0.2, 0.25) is 5.88 Å². The van der Waals surface area contributed by atoms with Crippen LogP contribution in [0.3, 0.4) is 0 Å². The van der Waals surface area contributed by atoms with E-state index in [0.717, 1.165) is 16.6 Å². The summed E-state index contributed by atoms with van der Waals surface area (Å²) in [5.41, 5.74) is 3.98. The molecule has 0 saturated carbocycles. The molecular formula is C23H25N3O5S. The highest BCUT2D eigenvalue weighted by atomic mass is 32.2. The molecule has 0 radical (unpaired) electrons. The van der Waals surface area contributed by atoms with E-state index in [2.05, 4.69) is 21.9 Å². The molecule has 0 unspecified atom stereocenters. The van der Waals surface area contributed by atoms with Gasteiger partial charge in [-0.2, -0.15) is 0 Å². The summed E-state index contributed by atoms with van der Waals surface area (Å²) in [4.78, 5) is 12.0. The molecule has 0 aliphatic carbocycles. The SMILES string of the molecule is COc1cc2c(Oc3ccc4[nH]c(C)c(C)c4c3)ncnc2cc1OCCCS(C)(=O)=O. The lowest BCUT2D eigenvalue weighted by Gasteiger charge is -2.13. The normalized spacial score (nSPS) is 11.8. The van der Waals surface area contributed by atoms with Gasteiger partial charge in [-0.25, -0.2) is 18.4 Å². The summed E-state index contributed by atoms with van der Waals surface area (Å²) in [6, 6.07) is 9.37. The fraction of sp³-hybridized carbons (Fsp3) is 0.304. The molecule has 0 bridgehead atoms. The molecule has 9 heteroatoms. The highest BCUT2D eigenvalue weighted by Gasteiger charge is 2.14. The van der Waals surface area contributed by atoms with Crippen molar-refractivity contribution in [1.82, 2.24) is 15.0 Å². The van der Waals surface area contributed by atoms with E-state index in [0.29, 0.717) is 40.5 Å². The highest BCUT2D eigenvalue weighted by molar-refractivity contribution is 7.90. The third-order valence-corrected chi connectivity index (χ3v) is 6.33. The standard InChI is InChI=1S/C23H25N3O5S/c1-14-15(2)26-19-7-6-16(10-17(14)19)31-23-18-11-21(29-3)22(12-20(18)24-13-25-23)30-8-5-9-32(4,27)28/h6-7,10-13,26H,5,8-9H2,1-4H3. The molecule has 2 aromatic heterocycles. The molecule has 0 saturated heterocycles. The van der Waals surface area contributed by atoms with Crippen LogP contribution in [-0.2, 0) is 9.84 Å². The molecule has 0 fully saturated rings. The average molecular weight is 456 g/mol. The number of hydrogen-bond donors (Lipinski definition) is 1. The van der Waals surface area contributed by atoms with Crippen molar-refractivity contribution in [2.24, 2.45) is 0 Å². The summed E-state index contributed by atoms with van der Waals surface area (Å²) in [5, 5.41) is 1.77. The molecule has 2 heterocycles. The number of aromatic nitrogens is 3. The Kier molecular flexibility index (Phi) is 5.92. The van der Waals surface area contributed by atoms with Crippen LogP contribution in [0.25, 0.3) is 21.8 Å². The van der Waals surface area contributed by atoms with Gasteiger partial charge in [-0.3, -0.25) is 0 Å². The third-order valence-electron chi connectivity index (χ3n) is 5.30. The van der Waals surface area contributed by atoms with E-state index in [-0.39, 0.29) is 12.4 Å². The van der Waals surface area contributed by atoms with E-state index in [1.165, 1.54) is 18.1 Å². The predicted molar refractivity (Wildman–Crippen MR) is 124 cm³/mol. The van der Waals surface area contributed by atoms with E-state index in [9.17, 15) is 8.42 Å². The van der Waals surface area contributed by atoms with Crippen molar-refractivity contribution in [3.63, 3.8) is 0 Å². The summed E-state index contributed by atoms with van der Waals surface area (Å²) in [5.74, 6) is 2.11. The van der Waals surface area contributed by atoms with Crippen LogP contribution in [0.1, 0.15) is 17.7 Å². The fourth-order valence-electron chi connectivity index (χ4n) is 3.51. The van der Waals surface area contributed by atoms with Gasteiger partial charge in [0, 0.05) is 28.9 Å². The van der Waals surface area contributed by atoms with Gasteiger partial charge in [0.25, 0.3) is 0 Å². The van der Waals surface area contributed by atoms with Gasteiger partial charge < -0.3 is 19.2 Å². The highest BCUT2D eigenvalue weighted by Crippen LogP contribution is 2.36. The first-order chi connectivity index (χ1) is 15.2. The van der Waals surface area contributed by atoms with E-state index < -0.39 is 9.84 Å². The second kappa shape index (κ2) is 8.66. The average Bonchev–Trinajstić information content (AvgIpc) is 3.03. The largest absolute Gasteiger partial charge is 0.493 e. The zero-order valence-corrected chi connectivity index (χ0v) is 19.2. The molecule has 0 atom stereocenters. The first-order valence-corrected chi connectivity index (χ1v) is 12.2. The van der Waals surface area contributed by atoms with Gasteiger partial charge in [0.05, 0.1) is 30.4 Å². The van der Waals surface area contributed by atoms with Crippen LogP contribution in [0.5, 0.6) is 23.1 Å². The van der Waals surface area contributed by atoms with E-state index in [1.54, 1.807) is 19.2 Å². The minimum atomic E-state index is -3.03. The monoisotopic (exact) mass is 455 g/mol. The third kappa shape index (κ3) is 4.62. The van der Waals surface area contributed by atoms with Crippen LogP contribution in [0.15, 0.2) is 36.7 Å². The summed E-state index contributed by atoms with van der Waals surface area (Å²) >= 11 is 0. The first kappa shape index (κ1) is 21.9. The Hall–Kier alpha value is -3.33. The van der Waals surface area contributed by atoms with Gasteiger partial charge in [-0.1, -0.05) is 0 Å². The van der Waals surface area contributed by atoms with Crippen LogP contribution >= 0.6 is 0 Å². The van der Waals surface area contributed by atoms with Crippen molar-refractivity contribution in [3.8, 4) is 23.1 Å². The molecule has 2 aromatic carbocycles. The maximum atomic E-state index is 11.3. The number of ether oxygens (including phenoxy) is 3.